The Bertz CT molecular complexity index is 1220. The van der Waals surface area contributed by atoms with Crippen molar-refractivity contribution in [2.45, 2.75) is 18.2 Å². The second-order valence-electron chi connectivity index (χ2n) is 7.96. The molecular weight excluding hydrogens is 429 g/mol. The topological polar surface area (TPSA) is 69.7 Å². The molecule has 0 aliphatic carbocycles. The van der Waals surface area contributed by atoms with Gasteiger partial charge in [0, 0.05) is 56.1 Å². The first kappa shape index (κ1) is 22.4. The molecule has 3 aromatic carbocycles. The van der Waals surface area contributed by atoms with Gasteiger partial charge in [-0.3, -0.25) is 4.79 Å². The van der Waals surface area contributed by atoms with Crippen molar-refractivity contribution in [2.24, 2.45) is 0 Å². The van der Waals surface area contributed by atoms with Crippen LogP contribution >= 0.6 is 0 Å². The number of fused-ring (bicyclic) bond motifs is 1. The van der Waals surface area contributed by atoms with Gasteiger partial charge in [0.15, 0.2) is 0 Å². The maximum atomic E-state index is 13.4. The number of benzene rings is 3. The summed E-state index contributed by atoms with van der Waals surface area (Å²) in [5.74, 6) is -0.451. The number of nitrogens with one attached hydrogen (secondary N) is 1. The Balaban J connectivity index is 1.47. The van der Waals surface area contributed by atoms with E-state index in [1.807, 2.05) is 6.07 Å². The van der Waals surface area contributed by atoms with E-state index >= 15 is 0 Å². The van der Waals surface area contributed by atoms with Gasteiger partial charge in [0.1, 0.15) is 5.82 Å². The molecular formula is C24H26FN3O3S. The molecule has 1 heterocycles. The lowest BCUT2D eigenvalue weighted by Crippen LogP contribution is -2.49. The van der Waals surface area contributed by atoms with E-state index in [2.05, 4.69) is 10.2 Å². The maximum absolute atomic E-state index is 13.4. The molecule has 0 radical (unpaired) electrons. The average molecular weight is 456 g/mol. The fourth-order valence-corrected chi connectivity index (χ4v) is 5.70. The van der Waals surface area contributed by atoms with Crippen molar-refractivity contribution in [2.75, 3.05) is 38.0 Å². The fourth-order valence-electron chi connectivity index (χ4n) is 4.08. The number of carbonyl (C=O) groups excluding carboxylic acids is 1. The van der Waals surface area contributed by atoms with Crippen LogP contribution in [0.1, 0.15) is 12.5 Å². The highest BCUT2D eigenvalue weighted by Crippen LogP contribution is 2.31. The molecule has 1 saturated heterocycles. The van der Waals surface area contributed by atoms with Gasteiger partial charge in [-0.2, -0.15) is 4.31 Å². The molecule has 1 aliphatic rings. The van der Waals surface area contributed by atoms with Crippen LogP contribution in [0.2, 0.25) is 0 Å². The summed E-state index contributed by atoms with van der Waals surface area (Å²) in [7, 11) is -3.68. The molecule has 0 bridgehead atoms. The molecule has 0 aromatic heterocycles. The van der Waals surface area contributed by atoms with Gasteiger partial charge in [0.25, 0.3) is 0 Å². The van der Waals surface area contributed by atoms with Crippen LogP contribution in [0.3, 0.4) is 0 Å². The second-order valence-corrected chi connectivity index (χ2v) is 9.87. The van der Waals surface area contributed by atoms with Gasteiger partial charge in [-0.05, 0) is 36.2 Å². The average Bonchev–Trinajstić information content (AvgIpc) is 2.78. The monoisotopic (exact) mass is 455 g/mol. The molecule has 6 nitrogen and oxygen atoms in total. The van der Waals surface area contributed by atoms with Crippen molar-refractivity contribution in [3.05, 3.63) is 72.0 Å². The third-order valence-electron chi connectivity index (χ3n) is 5.77. The van der Waals surface area contributed by atoms with E-state index in [0.29, 0.717) is 42.6 Å². The molecule has 1 amide bonds. The zero-order chi connectivity index (χ0) is 22.7. The number of anilines is 1. The quantitative estimate of drug-likeness (QED) is 0.618. The molecule has 0 atom stereocenters. The molecule has 1 fully saturated rings. The zero-order valence-corrected chi connectivity index (χ0v) is 18.7. The van der Waals surface area contributed by atoms with E-state index in [9.17, 15) is 17.6 Å². The Morgan fingerprint density at radius 2 is 1.59 bits per heavy atom. The highest BCUT2D eigenvalue weighted by Gasteiger charge is 2.29. The smallest absolute Gasteiger partial charge is 0.243 e. The Morgan fingerprint density at radius 3 is 2.28 bits per heavy atom. The Morgan fingerprint density at radius 1 is 0.938 bits per heavy atom. The van der Waals surface area contributed by atoms with E-state index in [1.165, 1.54) is 23.4 Å². The van der Waals surface area contributed by atoms with Gasteiger partial charge in [-0.25, -0.2) is 12.8 Å². The van der Waals surface area contributed by atoms with Gasteiger partial charge < -0.3 is 10.2 Å². The fraction of sp³-hybridized carbons (Fsp3) is 0.292. The van der Waals surface area contributed by atoms with E-state index in [0.717, 1.165) is 18.5 Å². The number of hydrogen-bond acceptors (Lipinski definition) is 4. The summed E-state index contributed by atoms with van der Waals surface area (Å²) in [5, 5.41) is 4.06. The lowest BCUT2D eigenvalue weighted by molar-refractivity contribution is -0.114. The lowest BCUT2D eigenvalue weighted by Gasteiger charge is -2.34. The van der Waals surface area contributed by atoms with Crippen LogP contribution in [0.25, 0.3) is 10.8 Å². The maximum Gasteiger partial charge on any atom is 0.243 e. The predicted octanol–water partition coefficient (Wildman–Crippen LogP) is 3.49. The highest BCUT2D eigenvalue weighted by molar-refractivity contribution is 7.89. The van der Waals surface area contributed by atoms with E-state index < -0.39 is 10.0 Å². The summed E-state index contributed by atoms with van der Waals surface area (Å²) in [4.78, 5) is 14.0. The number of hydrogen-bond donors (Lipinski definition) is 1. The van der Waals surface area contributed by atoms with Crippen molar-refractivity contribution in [1.82, 2.24) is 9.21 Å². The normalized spacial score (nSPS) is 15.7. The Kier molecular flexibility index (Phi) is 6.55. The number of nitrogens with zero attached hydrogens (tertiary/aromatic N) is 2. The summed E-state index contributed by atoms with van der Waals surface area (Å²) in [6, 6.07) is 16.9. The van der Waals surface area contributed by atoms with Crippen LogP contribution in [-0.4, -0.2) is 56.3 Å². The lowest BCUT2D eigenvalue weighted by atomic mass is 10.1. The molecule has 3 aromatic rings. The molecule has 0 unspecified atom stereocenters. The predicted molar refractivity (Wildman–Crippen MR) is 124 cm³/mol. The van der Waals surface area contributed by atoms with Crippen LogP contribution < -0.4 is 5.32 Å². The number of sulfonamides is 1. The minimum absolute atomic E-state index is 0.206. The molecule has 4 rings (SSSR count). The van der Waals surface area contributed by atoms with Crippen LogP contribution in [0.4, 0.5) is 10.1 Å². The first-order valence-electron chi connectivity index (χ1n) is 10.6. The molecule has 0 spiro atoms. The number of carbonyl (C=O) groups is 1. The summed E-state index contributed by atoms with van der Waals surface area (Å²) in [5.41, 5.74) is 1.66. The summed E-state index contributed by atoms with van der Waals surface area (Å²) in [6.45, 7) is 4.33. The summed E-state index contributed by atoms with van der Waals surface area (Å²) < 4.78 is 41.5. The highest BCUT2D eigenvalue weighted by atomic mass is 32.2. The Labute approximate surface area is 187 Å². The number of amides is 1. The SMILES string of the molecule is CC(=O)Nc1cccc2c(S(=O)(=O)N3CCN(CCc4ccc(F)cc4)CC3)cccc12. The summed E-state index contributed by atoms with van der Waals surface area (Å²) >= 11 is 0. The first-order valence-corrected chi connectivity index (χ1v) is 12.0. The van der Waals surface area contributed by atoms with Crippen molar-refractivity contribution in [3.63, 3.8) is 0 Å². The summed E-state index contributed by atoms with van der Waals surface area (Å²) in [6.07, 6.45) is 0.794. The van der Waals surface area contributed by atoms with Crippen molar-refractivity contribution in [1.29, 1.82) is 0 Å². The van der Waals surface area contributed by atoms with Crippen molar-refractivity contribution < 1.29 is 17.6 Å². The number of halogens is 1. The third-order valence-corrected chi connectivity index (χ3v) is 7.73. The molecule has 8 heteroatoms. The van der Waals surface area contributed by atoms with Gasteiger partial charge in [0.2, 0.25) is 15.9 Å². The van der Waals surface area contributed by atoms with Gasteiger partial charge >= 0.3 is 0 Å². The molecule has 168 valence electrons. The van der Waals surface area contributed by atoms with Gasteiger partial charge in [-0.15, -0.1) is 0 Å². The van der Waals surface area contributed by atoms with Crippen molar-refractivity contribution >= 4 is 32.4 Å². The van der Waals surface area contributed by atoms with E-state index in [-0.39, 0.29) is 16.6 Å². The number of piperazine rings is 1. The third kappa shape index (κ3) is 4.82. The zero-order valence-electron chi connectivity index (χ0n) is 17.9. The largest absolute Gasteiger partial charge is 0.326 e. The molecule has 0 saturated carbocycles. The van der Waals surface area contributed by atoms with Crippen LogP contribution in [0.5, 0.6) is 0 Å². The van der Waals surface area contributed by atoms with Crippen LogP contribution in [-0.2, 0) is 21.2 Å². The van der Waals surface area contributed by atoms with E-state index in [1.54, 1.807) is 42.5 Å². The first-order chi connectivity index (χ1) is 15.3. The molecule has 1 aliphatic heterocycles. The van der Waals surface area contributed by atoms with E-state index in [4.69, 9.17) is 0 Å². The van der Waals surface area contributed by atoms with Gasteiger partial charge in [-0.1, -0.05) is 36.4 Å². The standard InChI is InChI=1S/C24H26FN3O3S/c1-18(29)26-23-6-2-5-22-21(23)4-3-7-24(22)32(30,31)28-16-14-27(15-17-28)13-12-19-8-10-20(25)11-9-19/h2-11H,12-17H2,1H3,(H,26,29). The minimum Gasteiger partial charge on any atom is -0.326 e. The Hall–Kier alpha value is -2.81. The van der Waals surface area contributed by atoms with Crippen LogP contribution in [0.15, 0.2) is 65.6 Å². The van der Waals surface area contributed by atoms with Crippen LogP contribution in [0, 0.1) is 5.82 Å². The second kappa shape index (κ2) is 9.36. The molecule has 1 N–H and O–H groups in total. The van der Waals surface area contributed by atoms with Crippen molar-refractivity contribution in [3.8, 4) is 0 Å². The minimum atomic E-state index is -3.68. The van der Waals surface area contributed by atoms with Gasteiger partial charge in [0.05, 0.1) is 4.90 Å². The molecule has 32 heavy (non-hydrogen) atoms. The number of rotatable bonds is 6.